The molecule has 0 aromatic heterocycles. The minimum atomic E-state index is -4.05. The molecule has 0 radical (unpaired) electrons. The Balaban J connectivity index is 1.86. The molecule has 3 aromatic carbocycles. The van der Waals surface area contributed by atoms with Gasteiger partial charge in [0, 0.05) is 11.1 Å². The van der Waals surface area contributed by atoms with Gasteiger partial charge in [-0.1, -0.05) is 54.1 Å². The van der Waals surface area contributed by atoms with Crippen molar-refractivity contribution in [2.45, 2.75) is 30.3 Å². The van der Waals surface area contributed by atoms with E-state index in [2.05, 4.69) is 10.0 Å². The maximum atomic E-state index is 13.2. The number of rotatable bonds is 10. The number of nitrogens with one attached hydrogen (secondary N) is 2. The number of amides is 1. The standard InChI is InChI=1S/C25H27ClN2O5S/c1-17(19-9-11-20(26)12-10-19)27-25(29)22(15-18-7-5-4-6-8-18)28-34(30,31)21-13-14-23(32-2)24(16-21)33-3/h4-14,16-17,22,28H,15H2,1-3H3,(H,27,29)/t17-,22+/m0/s1. The zero-order valence-corrected chi connectivity index (χ0v) is 20.7. The molecule has 0 spiro atoms. The first-order chi connectivity index (χ1) is 16.2. The van der Waals surface area contributed by atoms with Crippen molar-refractivity contribution in [3.8, 4) is 11.5 Å². The summed E-state index contributed by atoms with van der Waals surface area (Å²) in [6.45, 7) is 1.82. The molecule has 180 valence electrons. The zero-order chi connectivity index (χ0) is 24.7. The first-order valence-corrected chi connectivity index (χ1v) is 12.4. The molecule has 0 saturated heterocycles. The highest BCUT2D eigenvalue weighted by Gasteiger charge is 2.28. The molecule has 0 aliphatic rings. The van der Waals surface area contributed by atoms with Gasteiger partial charge in [0.15, 0.2) is 11.5 Å². The molecular weight excluding hydrogens is 476 g/mol. The molecule has 0 bridgehead atoms. The molecule has 34 heavy (non-hydrogen) atoms. The van der Waals surface area contributed by atoms with E-state index in [1.807, 2.05) is 49.4 Å². The fourth-order valence-electron chi connectivity index (χ4n) is 3.43. The van der Waals surface area contributed by atoms with Crippen molar-refractivity contribution in [3.05, 3.63) is 88.9 Å². The minimum absolute atomic E-state index is 0.0400. The van der Waals surface area contributed by atoms with Crippen LogP contribution in [-0.2, 0) is 21.2 Å². The molecule has 0 fully saturated rings. The van der Waals surface area contributed by atoms with Crippen LogP contribution in [0.5, 0.6) is 11.5 Å². The highest BCUT2D eigenvalue weighted by Crippen LogP contribution is 2.29. The molecule has 0 aliphatic heterocycles. The van der Waals surface area contributed by atoms with E-state index in [0.717, 1.165) is 11.1 Å². The van der Waals surface area contributed by atoms with Crippen LogP contribution >= 0.6 is 11.6 Å². The Bertz CT molecular complexity index is 1220. The van der Waals surface area contributed by atoms with Gasteiger partial charge in [0.25, 0.3) is 0 Å². The Morgan fingerprint density at radius 3 is 2.21 bits per heavy atom. The fourth-order valence-corrected chi connectivity index (χ4v) is 4.76. The number of halogens is 1. The van der Waals surface area contributed by atoms with Gasteiger partial charge in [-0.3, -0.25) is 4.79 Å². The smallest absolute Gasteiger partial charge is 0.241 e. The average Bonchev–Trinajstić information content (AvgIpc) is 2.84. The van der Waals surface area contributed by atoms with Crippen LogP contribution in [0.15, 0.2) is 77.7 Å². The lowest BCUT2D eigenvalue weighted by atomic mass is 10.0. The molecule has 3 aromatic rings. The fraction of sp³-hybridized carbons (Fsp3) is 0.240. The van der Waals surface area contributed by atoms with Crippen molar-refractivity contribution in [2.24, 2.45) is 0 Å². The van der Waals surface area contributed by atoms with E-state index in [0.29, 0.717) is 10.8 Å². The quantitative estimate of drug-likeness (QED) is 0.435. The van der Waals surface area contributed by atoms with Crippen LogP contribution in [0, 0.1) is 0 Å². The third kappa shape index (κ3) is 6.50. The van der Waals surface area contributed by atoms with E-state index in [1.165, 1.54) is 32.4 Å². The lowest BCUT2D eigenvalue weighted by Crippen LogP contribution is -2.48. The number of carbonyl (C=O) groups is 1. The molecule has 0 unspecified atom stereocenters. The van der Waals surface area contributed by atoms with Crippen molar-refractivity contribution < 1.29 is 22.7 Å². The summed E-state index contributed by atoms with van der Waals surface area (Å²) in [5.74, 6) is 0.220. The summed E-state index contributed by atoms with van der Waals surface area (Å²) in [6.07, 6.45) is 0.173. The van der Waals surface area contributed by atoms with Gasteiger partial charge < -0.3 is 14.8 Å². The summed E-state index contributed by atoms with van der Waals surface area (Å²) in [4.78, 5) is 13.2. The van der Waals surface area contributed by atoms with Crippen molar-refractivity contribution in [3.63, 3.8) is 0 Å². The second-order valence-electron chi connectivity index (χ2n) is 7.66. The first kappa shape index (κ1) is 25.6. The van der Waals surface area contributed by atoms with Crippen molar-refractivity contribution >= 4 is 27.5 Å². The second kappa shape index (κ2) is 11.4. The Morgan fingerprint density at radius 1 is 0.941 bits per heavy atom. The molecule has 9 heteroatoms. The molecule has 3 rings (SSSR count). The summed E-state index contributed by atoms with van der Waals surface area (Å²) in [5, 5.41) is 3.49. The van der Waals surface area contributed by atoms with E-state index in [9.17, 15) is 13.2 Å². The second-order valence-corrected chi connectivity index (χ2v) is 9.81. The number of ether oxygens (including phenoxy) is 2. The van der Waals surface area contributed by atoms with Crippen LogP contribution < -0.4 is 19.5 Å². The predicted octanol–water partition coefficient (Wildman–Crippen LogP) is 4.12. The van der Waals surface area contributed by atoms with Crippen LogP contribution in [0.2, 0.25) is 5.02 Å². The summed E-state index contributed by atoms with van der Waals surface area (Å²) in [7, 11) is -1.17. The highest BCUT2D eigenvalue weighted by atomic mass is 35.5. The highest BCUT2D eigenvalue weighted by molar-refractivity contribution is 7.89. The Morgan fingerprint density at radius 2 is 1.59 bits per heavy atom. The third-order valence-electron chi connectivity index (χ3n) is 5.29. The lowest BCUT2D eigenvalue weighted by molar-refractivity contribution is -0.123. The van der Waals surface area contributed by atoms with Gasteiger partial charge in [-0.25, -0.2) is 8.42 Å². The van der Waals surface area contributed by atoms with Crippen molar-refractivity contribution in [1.82, 2.24) is 10.0 Å². The lowest BCUT2D eigenvalue weighted by Gasteiger charge is -2.22. The van der Waals surface area contributed by atoms with Gasteiger partial charge in [0.05, 0.1) is 25.2 Å². The minimum Gasteiger partial charge on any atom is -0.493 e. The van der Waals surface area contributed by atoms with Crippen LogP contribution in [-0.4, -0.2) is 34.6 Å². The van der Waals surface area contributed by atoms with E-state index < -0.39 is 22.0 Å². The number of sulfonamides is 1. The van der Waals surface area contributed by atoms with Gasteiger partial charge in [-0.05, 0) is 48.7 Å². The molecule has 2 atom stereocenters. The molecule has 2 N–H and O–H groups in total. The van der Waals surface area contributed by atoms with E-state index >= 15 is 0 Å². The SMILES string of the molecule is COc1ccc(S(=O)(=O)N[C@H](Cc2ccccc2)C(=O)N[C@@H](C)c2ccc(Cl)cc2)cc1OC. The van der Waals surface area contributed by atoms with Crippen LogP contribution in [0.1, 0.15) is 24.1 Å². The normalized spacial score (nSPS) is 13.1. The van der Waals surface area contributed by atoms with Crippen LogP contribution in [0.3, 0.4) is 0 Å². The van der Waals surface area contributed by atoms with E-state index in [1.54, 1.807) is 12.1 Å². The molecule has 0 heterocycles. The Kier molecular flexibility index (Phi) is 8.55. The summed E-state index contributed by atoms with van der Waals surface area (Å²) in [5.41, 5.74) is 1.66. The predicted molar refractivity (Wildman–Crippen MR) is 132 cm³/mol. The van der Waals surface area contributed by atoms with E-state index in [-0.39, 0.29) is 23.1 Å². The Labute approximate surface area is 205 Å². The van der Waals surface area contributed by atoms with Gasteiger partial charge in [0.1, 0.15) is 6.04 Å². The van der Waals surface area contributed by atoms with Gasteiger partial charge in [-0.2, -0.15) is 4.72 Å². The van der Waals surface area contributed by atoms with Crippen molar-refractivity contribution in [1.29, 1.82) is 0 Å². The van der Waals surface area contributed by atoms with Crippen molar-refractivity contribution in [2.75, 3.05) is 14.2 Å². The van der Waals surface area contributed by atoms with Gasteiger partial charge in [0.2, 0.25) is 15.9 Å². The average molecular weight is 503 g/mol. The molecular formula is C25H27ClN2O5S. The zero-order valence-electron chi connectivity index (χ0n) is 19.1. The number of methoxy groups -OCH3 is 2. The Hall–Kier alpha value is -3.07. The first-order valence-electron chi connectivity index (χ1n) is 10.6. The maximum absolute atomic E-state index is 13.2. The summed E-state index contributed by atoms with van der Waals surface area (Å²) < 4.78 is 39.4. The molecule has 0 aliphatic carbocycles. The van der Waals surface area contributed by atoms with Crippen LogP contribution in [0.25, 0.3) is 0 Å². The number of hydrogen-bond donors (Lipinski definition) is 2. The largest absolute Gasteiger partial charge is 0.493 e. The number of carbonyl (C=O) groups excluding carboxylic acids is 1. The molecule has 7 nitrogen and oxygen atoms in total. The third-order valence-corrected chi connectivity index (χ3v) is 7.01. The number of hydrogen-bond acceptors (Lipinski definition) is 5. The summed E-state index contributed by atoms with van der Waals surface area (Å²) >= 11 is 5.95. The van der Waals surface area contributed by atoms with Gasteiger partial charge >= 0.3 is 0 Å². The maximum Gasteiger partial charge on any atom is 0.241 e. The van der Waals surface area contributed by atoms with E-state index in [4.69, 9.17) is 21.1 Å². The number of benzene rings is 3. The summed E-state index contributed by atoms with van der Waals surface area (Å²) in [6, 6.07) is 19.2. The van der Waals surface area contributed by atoms with Gasteiger partial charge in [-0.15, -0.1) is 0 Å². The van der Waals surface area contributed by atoms with Crippen LogP contribution in [0.4, 0.5) is 0 Å². The monoisotopic (exact) mass is 502 g/mol. The molecule has 0 saturated carbocycles. The molecule has 1 amide bonds. The topological polar surface area (TPSA) is 93.7 Å².